The van der Waals surface area contributed by atoms with E-state index in [1.807, 2.05) is 25.1 Å². The number of carbonyl (C=O) groups excluding carboxylic acids is 3. The van der Waals surface area contributed by atoms with E-state index in [0.29, 0.717) is 47.1 Å². The van der Waals surface area contributed by atoms with Crippen molar-refractivity contribution < 1.29 is 19.1 Å². The number of methoxy groups -OCH3 is 1. The van der Waals surface area contributed by atoms with E-state index in [9.17, 15) is 14.4 Å². The summed E-state index contributed by atoms with van der Waals surface area (Å²) >= 11 is 0. The SMILES string of the molecule is COC(=O)c1cc(-c2ccc(C(=O)NCc3ccc(C)nc3)cn2)ccc1N(CC1CC1)C(C)=O. The Labute approximate surface area is 204 Å². The predicted molar refractivity (Wildman–Crippen MR) is 132 cm³/mol. The molecule has 1 fully saturated rings. The molecule has 0 radical (unpaired) electrons. The normalized spacial score (nSPS) is 12.7. The van der Waals surface area contributed by atoms with Crippen LogP contribution in [0.1, 0.15) is 51.7 Å². The van der Waals surface area contributed by atoms with Crippen LogP contribution >= 0.6 is 0 Å². The largest absolute Gasteiger partial charge is 0.465 e. The van der Waals surface area contributed by atoms with Crippen molar-refractivity contribution in [3.05, 3.63) is 77.2 Å². The standard InChI is InChI=1S/C27H28N4O4/c1-17-4-5-20(13-28-17)14-30-26(33)22-8-10-24(29-15-22)21-9-11-25(23(12-21)27(34)35-3)31(18(2)32)16-19-6-7-19/h4-5,8-13,15,19H,6-7,14,16H2,1-3H3,(H,30,33). The molecule has 3 aromatic rings. The predicted octanol–water partition coefficient (Wildman–Crippen LogP) is 3.93. The van der Waals surface area contributed by atoms with Crippen molar-refractivity contribution in [2.45, 2.75) is 33.2 Å². The first kappa shape index (κ1) is 24.1. The molecule has 1 aliphatic rings. The van der Waals surface area contributed by atoms with Crippen LogP contribution in [-0.2, 0) is 16.1 Å². The van der Waals surface area contributed by atoms with Crippen LogP contribution in [0.15, 0.2) is 54.9 Å². The van der Waals surface area contributed by atoms with Gasteiger partial charge >= 0.3 is 5.97 Å². The molecule has 0 spiro atoms. The summed E-state index contributed by atoms with van der Waals surface area (Å²) in [6.45, 7) is 4.35. The molecule has 0 atom stereocenters. The van der Waals surface area contributed by atoms with Gasteiger partial charge in [-0.1, -0.05) is 12.1 Å². The Hall–Kier alpha value is -4.07. The van der Waals surface area contributed by atoms with Crippen LogP contribution in [0.2, 0.25) is 0 Å². The van der Waals surface area contributed by atoms with Crippen LogP contribution in [0.25, 0.3) is 11.3 Å². The maximum Gasteiger partial charge on any atom is 0.340 e. The van der Waals surface area contributed by atoms with E-state index < -0.39 is 5.97 Å². The average molecular weight is 473 g/mol. The number of esters is 1. The van der Waals surface area contributed by atoms with Gasteiger partial charge in [-0.3, -0.25) is 19.6 Å². The van der Waals surface area contributed by atoms with E-state index in [2.05, 4.69) is 15.3 Å². The van der Waals surface area contributed by atoms with E-state index in [4.69, 9.17) is 4.74 Å². The quantitative estimate of drug-likeness (QED) is 0.499. The molecule has 2 amide bonds. The summed E-state index contributed by atoms with van der Waals surface area (Å²) in [6.07, 6.45) is 5.40. The van der Waals surface area contributed by atoms with E-state index >= 15 is 0 Å². The molecule has 1 saturated carbocycles. The van der Waals surface area contributed by atoms with E-state index in [-0.39, 0.29) is 11.8 Å². The fourth-order valence-corrected chi connectivity index (χ4v) is 3.75. The van der Waals surface area contributed by atoms with Gasteiger partial charge < -0.3 is 15.0 Å². The number of amides is 2. The number of aryl methyl sites for hydroxylation is 1. The van der Waals surface area contributed by atoms with Gasteiger partial charge in [0.15, 0.2) is 0 Å². The molecule has 8 nitrogen and oxygen atoms in total. The highest BCUT2D eigenvalue weighted by molar-refractivity contribution is 6.03. The van der Waals surface area contributed by atoms with Crippen molar-refractivity contribution in [3.8, 4) is 11.3 Å². The summed E-state index contributed by atoms with van der Waals surface area (Å²) < 4.78 is 4.98. The fourth-order valence-electron chi connectivity index (χ4n) is 3.75. The number of ether oxygens (including phenoxy) is 1. The summed E-state index contributed by atoms with van der Waals surface area (Å²) in [5, 5.41) is 2.86. The van der Waals surface area contributed by atoms with Crippen LogP contribution in [0.4, 0.5) is 5.69 Å². The summed E-state index contributed by atoms with van der Waals surface area (Å²) in [6, 6.07) is 12.5. The Balaban J connectivity index is 1.52. The molecule has 8 heteroatoms. The lowest BCUT2D eigenvalue weighted by atomic mass is 10.0. The van der Waals surface area contributed by atoms with Gasteiger partial charge in [-0.15, -0.1) is 0 Å². The Morgan fingerprint density at radius 2 is 1.86 bits per heavy atom. The topological polar surface area (TPSA) is 101 Å². The second kappa shape index (κ2) is 10.5. The number of benzene rings is 1. The first-order valence-electron chi connectivity index (χ1n) is 11.5. The highest BCUT2D eigenvalue weighted by Crippen LogP contribution is 2.34. The second-order valence-electron chi connectivity index (χ2n) is 8.72. The number of nitrogens with zero attached hydrogens (tertiary/aromatic N) is 3. The minimum atomic E-state index is -0.523. The zero-order chi connectivity index (χ0) is 24.9. The van der Waals surface area contributed by atoms with Gasteiger partial charge in [0.2, 0.25) is 5.91 Å². The lowest BCUT2D eigenvalue weighted by molar-refractivity contribution is -0.116. The molecule has 4 rings (SSSR count). The molecule has 1 aliphatic carbocycles. The Morgan fingerprint density at radius 3 is 2.46 bits per heavy atom. The van der Waals surface area contributed by atoms with Crippen LogP contribution < -0.4 is 10.2 Å². The number of pyridine rings is 2. The molecule has 1 aromatic carbocycles. The third-order valence-corrected chi connectivity index (χ3v) is 5.96. The van der Waals surface area contributed by atoms with Gasteiger partial charge in [0.25, 0.3) is 5.91 Å². The lowest BCUT2D eigenvalue weighted by Gasteiger charge is -2.23. The zero-order valence-corrected chi connectivity index (χ0v) is 20.1. The van der Waals surface area contributed by atoms with Crippen LogP contribution in [0.5, 0.6) is 0 Å². The van der Waals surface area contributed by atoms with E-state index in [0.717, 1.165) is 24.1 Å². The first-order chi connectivity index (χ1) is 16.9. The van der Waals surface area contributed by atoms with Gasteiger partial charge in [-0.05, 0) is 61.6 Å². The van der Waals surface area contributed by atoms with Gasteiger partial charge in [0.1, 0.15) is 0 Å². The van der Waals surface area contributed by atoms with Crippen molar-refractivity contribution in [1.82, 2.24) is 15.3 Å². The van der Waals surface area contributed by atoms with Crippen LogP contribution in [0.3, 0.4) is 0 Å². The summed E-state index contributed by atoms with van der Waals surface area (Å²) in [7, 11) is 1.32. The minimum Gasteiger partial charge on any atom is -0.465 e. The Bertz CT molecular complexity index is 1240. The Kier molecular flexibility index (Phi) is 7.19. The van der Waals surface area contributed by atoms with Crippen molar-refractivity contribution in [2.24, 2.45) is 5.92 Å². The lowest BCUT2D eigenvalue weighted by Crippen LogP contribution is -2.32. The molecule has 0 aliphatic heterocycles. The maximum atomic E-state index is 12.6. The number of carbonyl (C=O) groups is 3. The second-order valence-corrected chi connectivity index (χ2v) is 8.72. The van der Waals surface area contributed by atoms with E-state index in [1.165, 1.54) is 20.2 Å². The minimum absolute atomic E-state index is 0.121. The summed E-state index contributed by atoms with van der Waals surface area (Å²) in [4.78, 5) is 47.7. The van der Waals surface area contributed by atoms with Crippen molar-refractivity contribution in [1.29, 1.82) is 0 Å². The van der Waals surface area contributed by atoms with Gasteiger partial charge in [0, 0.05) is 43.7 Å². The molecule has 35 heavy (non-hydrogen) atoms. The third kappa shape index (κ3) is 5.90. The number of hydrogen-bond donors (Lipinski definition) is 1. The molecule has 0 bridgehead atoms. The molecule has 2 aromatic heterocycles. The van der Waals surface area contributed by atoms with Gasteiger partial charge in [0.05, 0.1) is 29.6 Å². The van der Waals surface area contributed by atoms with Crippen molar-refractivity contribution in [3.63, 3.8) is 0 Å². The number of aromatic nitrogens is 2. The van der Waals surface area contributed by atoms with Gasteiger partial charge in [-0.2, -0.15) is 0 Å². The molecule has 2 heterocycles. The van der Waals surface area contributed by atoms with Crippen molar-refractivity contribution in [2.75, 3.05) is 18.6 Å². The van der Waals surface area contributed by atoms with Crippen LogP contribution in [-0.4, -0.2) is 41.4 Å². The third-order valence-electron chi connectivity index (χ3n) is 5.96. The molecular formula is C27H28N4O4. The zero-order valence-electron chi connectivity index (χ0n) is 20.1. The molecular weight excluding hydrogens is 444 g/mol. The smallest absolute Gasteiger partial charge is 0.340 e. The number of hydrogen-bond acceptors (Lipinski definition) is 6. The summed E-state index contributed by atoms with van der Waals surface area (Å²) in [5.74, 6) is -0.422. The van der Waals surface area contributed by atoms with E-state index in [1.54, 1.807) is 35.4 Å². The molecule has 180 valence electrons. The number of anilines is 1. The number of nitrogens with one attached hydrogen (secondary N) is 1. The average Bonchev–Trinajstić information content (AvgIpc) is 3.70. The highest BCUT2D eigenvalue weighted by Gasteiger charge is 2.29. The monoisotopic (exact) mass is 472 g/mol. The van der Waals surface area contributed by atoms with Crippen molar-refractivity contribution >= 4 is 23.5 Å². The van der Waals surface area contributed by atoms with Gasteiger partial charge in [-0.25, -0.2) is 4.79 Å². The van der Waals surface area contributed by atoms with Crippen LogP contribution in [0, 0.1) is 12.8 Å². The maximum absolute atomic E-state index is 12.6. The molecule has 0 unspecified atom stereocenters. The first-order valence-corrected chi connectivity index (χ1v) is 11.5. The summed E-state index contributed by atoms with van der Waals surface area (Å²) in [5.41, 5.74) is 4.35. The molecule has 1 N–H and O–H groups in total. The fraction of sp³-hybridized carbons (Fsp3) is 0.296. The highest BCUT2D eigenvalue weighted by atomic mass is 16.5. The Morgan fingerprint density at radius 1 is 1.06 bits per heavy atom. The number of rotatable bonds is 8. The molecule has 0 saturated heterocycles.